The van der Waals surface area contributed by atoms with Gasteiger partial charge >= 0.3 is 18.0 Å². The maximum atomic E-state index is 12.5. The second-order valence-corrected chi connectivity index (χ2v) is 3.28. The number of carbonyl (C=O) groups excluding carboxylic acids is 1. The Morgan fingerprint density at radius 3 is 2.41 bits per heavy atom. The Bertz CT molecular complexity index is 412. The molecular weight excluding hydrogens is 249 g/mol. The second kappa shape index (κ2) is 4.30. The van der Waals surface area contributed by atoms with Crippen molar-refractivity contribution >= 4 is 5.91 Å². The lowest BCUT2D eigenvalue weighted by molar-refractivity contribution is -0.269. The molecule has 0 aromatic carbocycles. The smallest absolute Gasteiger partial charge is 0.346 e. The first-order valence-electron chi connectivity index (χ1n) is 4.35. The fraction of sp³-hybridized carbons (Fsp3) is 0.500. The molecule has 4 nitrogen and oxygen atoms in total. The number of aromatic nitrogens is 2. The number of nitrogens with zero attached hydrogens (tertiary/aromatic N) is 2. The van der Waals surface area contributed by atoms with E-state index in [0.29, 0.717) is 5.56 Å². The first kappa shape index (κ1) is 13.4. The summed E-state index contributed by atoms with van der Waals surface area (Å²) in [5.74, 6) is -7.77. The average Bonchev–Trinajstić information content (AvgIpc) is 2.58. The number of aryl methyl sites for hydroxylation is 1. The Balaban J connectivity index is 2.61. The van der Waals surface area contributed by atoms with Crippen LogP contribution in [0.1, 0.15) is 5.56 Å². The highest BCUT2D eigenvalue weighted by Gasteiger charge is 2.63. The summed E-state index contributed by atoms with van der Waals surface area (Å²) in [6.07, 6.45) is -3.27. The van der Waals surface area contributed by atoms with Crippen LogP contribution >= 0.6 is 0 Å². The van der Waals surface area contributed by atoms with Crippen molar-refractivity contribution in [3.05, 3.63) is 18.0 Å². The molecule has 0 spiro atoms. The molecule has 0 atom stereocenters. The fourth-order valence-corrected chi connectivity index (χ4v) is 0.985. The zero-order valence-electron chi connectivity index (χ0n) is 8.55. The molecular formula is C8H8F5N3O. The van der Waals surface area contributed by atoms with Gasteiger partial charge in [-0.3, -0.25) is 9.48 Å². The van der Waals surface area contributed by atoms with E-state index in [-0.39, 0.29) is 0 Å². The van der Waals surface area contributed by atoms with Gasteiger partial charge in [0.15, 0.2) is 0 Å². The molecule has 1 amide bonds. The molecule has 0 radical (unpaired) electrons. The van der Waals surface area contributed by atoms with Gasteiger partial charge in [0.05, 0.1) is 6.20 Å². The van der Waals surface area contributed by atoms with E-state index >= 15 is 0 Å². The molecule has 0 saturated heterocycles. The van der Waals surface area contributed by atoms with Crippen molar-refractivity contribution in [1.82, 2.24) is 15.1 Å². The zero-order chi connectivity index (χ0) is 13.3. The predicted octanol–water partition coefficient (Wildman–Crippen LogP) is 1.23. The highest BCUT2D eigenvalue weighted by Crippen LogP contribution is 2.35. The van der Waals surface area contributed by atoms with Crippen LogP contribution in [-0.2, 0) is 18.4 Å². The lowest BCUT2D eigenvalue weighted by Crippen LogP contribution is -2.50. The van der Waals surface area contributed by atoms with Crippen molar-refractivity contribution in [3.63, 3.8) is 0 Å². The minimum Gasteiger partial charge on any atom is -0.346 e. The summed E-state index contributed by atoms with van der Waals surface area (Å²) < 4.78 is 61.6. The minimum absolute atomic E-state index is 0.318. The van der Waals surface area contributed by atoms with Crippen LogP contribution < -0.4 is 5.32 Å². The summed E-state index contributed by atoms with van der Waals surface area (Å²) in [7, 11) is 1.54. The molecule has 0 saturated carbocycles. The van der Waals surface area contributed by atoms with Crippen molar-refractivity contribution in [2.75, 3.05) is 0 Å². The Kier molecular flexibility index (Phi) is 3.39. The fourth-order valence-electron chi connectivity index (χ4n) is 0.985. The van der Waals surface area contributed by atoms with Gasteiger partial charge in [0.2, 0.25) is 0 Å². The normalized spacial score (nSPS) is 12.6. The molecule has 0 aliphatic heterocycles. The molecule has 0 bridgehead atoms. The van der Waals surface area contributed by atoms with Gasteiger partial charge < -0.3 is 5.32 Å². The Labute approximate surface area is 92.4 Å². The predicted molar refractivity (Wildman–Crippen MR) is 46.1 cm³/mol. The summed E-state index contributed by atoms with van der Waals surface area (Å²) >= 11 is 0. The molecule has 0 fully saturated rings. The molecule has 96 valence electrons. The van der Waals surface area contributed by atoms with E-state index in [1.807, 2.05) is 0 Å². The molecule has 0 unspecified atom stereocenters. The summed E-state index contributed by atoms with van der Waals surface area (Å²) in [5, 5.41) is 5.16. The number of amides is 1. The third kappa shape index (κ3) is 2.92. The Morgan fingerprint density at radius 2 is 2.00 bits per heavy atom. The molecule has 9 heteroatoms. The third-order valence-corrected chi connectivity index (χ3v) is 1.85. The van der Waals surface area contributed by atoms with Crippen LogP contribution in [0.2, 0.25) is 0 Å². The molecule has 1 aromatic rings. The van der Waals surface area contributed by atoms with Crippen molar-refractivity contribution in [2.45, 2.75) is 18.6 Å². The number of rotatable bonds is 3. The lowest BCUT2D eigenvalue weighted by Gasteiger charge is -2.18. The summed E-state index contributed by atoms with van der Waals surface area (Å²) in [6.45, 7) is -0.446. The minimum atomic E-state index is -5.90. The first-order valence-corrected chi connectivity index (χ1v) is 4.35. The van der Waals surface area contributed by atoms with E-state index in [1.165, 1.54) is 29.4 Å². The van der Waals surface area contributed by atoms with E-state index in [4.69, 9.17) is 0 Å². The van der Waals surface area contributed by atoms with Crippen molar-refractivity contribution < 1.29 is 26.7 Å². The van der Waals surface area contributed by atoms with Gasteiger partial charge in [0, 0.05) is 25.4 Å². The third-order valence-electron chi connectivity index (χ3n) is 1.85. The van der Waals surface area contributed by atoms with Crippen molar-refractivity contribution in [2.24, 2.45) is 7.05 Å². The van der Waals surface area contributed by atoms with Gasteiger partial charge in [-0.15, -0.1) is 0 Å². The lowest BCUT2D eigenvalue weighted by atomic mass is 10.3. The van der Waals surface area contributed by atoms with Crippen LogP contribution in [0.4, 0.5) is 22.0 Å². The molecule has 1 N–H and O–H groups in total. The standard InChI is InChI=1S/C8H8F5N3O/c1-16-4-5(3-15-16)2-14-6(17)7(9,10)8(11,12)13/h3-4H,2H2,1H3,(H,14,17). The Morgan fingerprint density at radius 1 is 1.41 bits per heavy atom. The molecule has 17 heavy (non-hydrogen) atoms. The van der Waals surface area contributed by atoms with Gasteiger partial charge in [-0.1, -0.05) is 0 Å². The topological polar surface area (TPSA) is 46.9 Å². The second-order valence-electron chi connectivity index (χ2n) is 3.28. The van der Waals surface area contributed by atoms with Gasteiger partial charge in [0.1, 0.15) is 0 Å². The van der Waals surface area contributed by atoms with E-state index in [2.05, 4.69) is 5.10 Å². The monoisotopic (exact) mass is 257 g/mol. The van der Waals surface area contributed by atoms with Crippen LogP contribution in [-0.4, -0.2) is 27.8 Å². The highest BCUT2D eigenvalue weighted by molar-refractivity contribution is 5.84. The van der Waals surface area contributed by atoms with Gasteiger partial charge in [-0.25, -0.2) is 0 Å². The molecule has 0 aliphatic rings. The zero-order valence-corrected chi connectivity index (χ0v) is 8.55. The number of carbonyl (C=O) groups is 1. The molecule has 1 rings (SSSR count). The SMILES string of the molecule is Cn1cc(CNC(=O)C(F)(F)C(F)(F)F)cn1. The molecule has 1 heterocycles. The summed E-state index contributed by atoms with van der Waals surface area (Å²) in [5.41, 5.74) is 0.318. The number of hydrogen-bond donors (Lipinski definition) is 1. The van der Waals surface area contributed by atoms with E-state index in [0.717, 1.165) is 0 Å². The number of hydrogen-bond acceptors (Lipinski definition) is 2. The first-order chi connectivity index (χ1) is 7.64. The van der Waals surface area contributed by atoms with Crippen LogP contribution in [0.25, 0.3) is 0 Å². The van der Waals surface area contributed by atoms with Crippen molar-refractivity contribution in [1.29, 1.82) is 0 Å². The number of alkyl halides is 5. The summed E-state index contributed by atoms with van der Waals surface area (Å²) in [4.78, 5) is 10.7. The number of halogens is 5. The van der Waals surface area contributed by atoms with Crippen LogP contribution in [0.15, 0.2) is 12.4 Å². The van der Waals surface area contributed by atoms with E-state index < -0.39 is 24.6 Å². The largest absolute Gasteiger partial charge is 0.463 e. The van der Waals surface area contributed by atoms with Crippen LogP contribution in [0, 0.1) is 0 Å². The van der Waals surface area contributed by atoms with Gasteiger partial charge in [0.25, 0.3) is 0 Å². The van der Waals surface area contributed by atoms with Crippen LogP contribution in [0.3, 0.4) is 0 Å². The average molecular weight is 257 g/mol. The molecule has 1 aromatic heterocycles. The summed E-state index contributed by atoms with van der Waals surface area (Å²) in [6, 6.07) is 0. The highest BCUT2D eigenvalue weighted by atomic mass is 19.4. The molecule has 0 aliphatic carbocycles. The van der Waals surface area contributed by atoms with Crippen molar-refractivity contribution in [3.8, 4) is 0 Å². The van der Waals surface area contributed by atoms with Crippen LogP contribution in [0.5, 0.6) is 0 Å². The number of nitrogens with one attached hydrogen (secondary N) is 1. The Hall–Kier alpha value is -1.67. The van der Waals surface area contributed by atoms with Gasteiger partial charge in [-0.05, 0) is 0 Å². The maximum Gasteiger partial charge on any atom is 0.463 e. The van der Waals surface area contributed by atoms with E-state index in [9.17, 15) is 26.7 Å². The van der Waals surface area contributed by atoms with E-state index in [1.54, 1.807) is 0 Å². The maximum absolute atomic E-state index is 12.5. The van der Waals surface area contributed by atoms with Gasteiger partial charge in [-0.2, -0.15) is 27.1 Å². The quantitative estimate of drug-likeness (QED) is 0.828.